The third kappa shape index (κ3) is 4.93. The standard InChI is InChI=1S/C33H26AsN/c1-6-16-28(17-7-1)33(29-18-8-2-9-19-29)26-35-27-34(30-20-10-3-11-21-30,31-22-12-4-13-23-31)32-24-14-5-15-25-32/h1-26H. The summed E-state index contributed by atoms with van der Waals surface area (Å²) < 4.78 is 7.65. The Morgan fingerprint density at radius 3 is 1.11 bits per heavy atom. The molecule has 0 aliphatic carbocycles. The van der Waals surface area contributed by atoms with Crippen LogP contribution in [0.1, 0.15) is 11.1 Å². The fraction of sp³-hybridized carbons (Fsp3) is 0. The average Bonchev–Trinajstić information content (AvgIpc) is 2.96. The van der Waals surface area contributed by atoms with Gasteiger partial charge in [-0.25, -0.2) is 0 Å². The van der Waals surface area contributed by atoms with E-state index in [0.717, 1.165) is 16.7 Å². The van der Waals surface area contributed by atoms with Crippen LogP contribution < -0.4 is 13.1 Å². The van der Waals surface area contributed by atoms with Crippen molar-refractivity contribution < 1.29 is 0 Å². The SMILES string of the molecule is C(=NC=C(c1ccccc1)c1ccccc1)=[As](c1ccccc1)(c1ccccc1)c1ccccc1. The number of benzene rings is 5. The molecule has 5 rings (SSSR count). The number of aliphatic imine (C=N–C) groups is 1. The van der Waals surface area contributed by atoms with Gasteiger partial charge in [0.25, 0.3) is 0 Å². The van der Waals surface area contributed by atoms with E-state index >= 15 is 0 Å². The second kappa shape index (κ2) is 10.9. The van der Waals surface area contributed by atoms with Crippen LogP contribution in [0.15, 0.2) is 163 Å². The minimum absolute atomic E-state index is 1.08. The Hall–Kier alpha value is -4.02. The van der Waals surface area contributed by atoms with Crippen LogP contribution in [0.3, 0.4) is 0 Å². The van der Waals surface area contributed by atoms with Crippen molar-refractivity contribution >= 4 is 36.3 Å². The number of hydrogen-bond donors (Lipinski definition) is 0. The molecule has 2 heteroatoms. The molecule has 5 aromatic rings. The van der Waals surface area contributed by atoms with Gasteiger partial charge in [-0.3, -0.25) is 0 Å². The maximum atomic E-state index is 4.99. The van der Waals surface area contributed by atoms with Crippen LogP contribution >= 0.6 is 0 Å². The van der Waals surface area contributed by atoms with Crippen LogP contribution in [-0.4, -0.2) is 17.7 Å². The molecule has 5 aromatic carbocycles. The predicted molar refractivity (Wildman–Crippen MR) is 151 cm³/mol. The van der Waals surface area contributed by atoms with Gasteiger partial charge in [0.15, 0.2) is 0 Å². The maximum absolute atomic E-state index is 4.99. The Morgan fingerprint density at radius 2 is 0.771 bits per heavy atom. The molecule has 1 nitrogen and oxygen atoms in total. The summed E-state index contributed by atoms with van der Waals surface area (Å²) in [6, 6.07) is 53.2. The summed E-state index contributed by atoms with van der Waals surface area (Å²) in [4.78, 5) is 4.99. The van der Waals surface area contributed by atoms with Crippen LogP contribution in [0.5, 0.6) is 0 Å². The molecule has 0 N–H and O–H groups in total. The van der Waals surface area contributed by atoms with Crippen LogP contribution in [0.4, 0.5) is 0 Å². The van der Waals surface area contributed by atoms with Crippen molar-refractivity contribution in [1.29, 1.82) is 0 Å². The zero-order chi connectivity index (χ0) is 23.8. The van der Waals surface area contributed by atoms with Gasteiger partial charge in [0.05, 0.1) is 0 Å². The molecule has 0 aliphatic rings. The van der Waals surface area contributed by atoms with Crippen LogP contribution in [-0.2, 0) is 0 Å². The minimum atomic E-state index is -3.13. The van der Waals surface area contributed by atoms with Gasteiger partial charge in [0.2, 0.25) is 0 Å². The van der Waals surface area contributed by atoms with Crippen molar-refractivity contribution in [2.24, 2.45) is 4.99 Å². The van der Waals surface area contributed by atoms with Crippen LogP contribution in [0.25, 0.3) is 5.57 Å². The number of rotatable bonds is 6. The van der Waals surface area contributed by atoms with Crippen molar-refractivity contribution in [2.45, 2.75) is 0 Å². The first kappa shape index (κ1) is 22.8. The predicted octanol–water partition coefficient (Wildman–Crippen LogP) is 5.73. The second-order valence-corrected chi connectivity index (χ2v) is 14.7. The zero-order valence-electron chi connectivity index (χ0n) is 19.4. The molecule has 0 aromatic heterocycles. The fourth-order valence-corrected chi connectivity index (χ4v) is 11.3. The Kier molecular flexibility index (Phi) is 7.11. The summed E-state index contributed by atoms with van der Waals surface area (Å²) in [6.45, 7) is 0. The quantitative estimate of drug-likeness (QED) is 0.204. The number of nitrogens with zero attached hydrogens (tertiary/aromatic N) is 1. The van der Waals surface area contributed by atoms with Gasteiger partial charge in [0.1, 0.15) is 0 Å². The molecule has 35 heavy (non-hydrogen) atoms. The molecule has 0 heterocycles. The first-order valence-corrected chi connectivity index (χ1v) is 15.5. The first-order chi connectivity index (χ1) is 17.4. The van der Waals surface area contributed by atoms with Gasteiger partial charge in [-0.05, 0) is 0 Å². The van der Waals surface area contributed by atoms with Gasteiger partial charge < -0.3 is 0 Å². The molecular weight excluding hydrogens is 485 g/mol. The fourth-order valence-electron chi connectivity index (χ4n) is 4.31. The molecule has 0 radical (unpaired) electrons. The van der Waals surface area contributed by atoms with Crippen molar-refractivity contribution in [2.75, 3.05) is 0 Å². The van der Waals surface area contributed by atoms with Crippen molar-refractivity contribution in [1.82, 2.24) is 0 Å². The normalized spacial score (nSPS) is 10.7. The van der Waals surface area contributed by atoms with Crippen molar-refractivity contribution in [3.63, 3.8) is 0 Å². The summed E-state index contributed by atoms with van der Waals surface area (Å²) in [6.07, 6.45) is 1.98. The second-order valence-electron chi connectivity index (χ2n) is 8.18. The third-order valence-corrected chi connectivity index (χ3v) is 13.6. The molecule has 0 saturated heterocycles. The Balaban J connectivity index is 1.83. The summed E-state index contributed by atoms with van der Waals surface area (Å²) >= 11 is -3.13. The summed E-state index contributed by atoms with van der Waals surface area (Å²) in [5, 5.41) is 0. The molecule has 0 atom stereocenters. The van der Waals surface area contributed by atoms with Gasteiger partial charge >= 0.3 is 210 Å². The molecule has 0 saturated carbocycles. The molecule has 0 amide bonds. The zero-order valence-corrected chi connectivity index (χ0v) is 21.3. The van der Waals surface area contributed by atoms with Gasteiger partial charge in [-0.1, -0.05) is 0 Å². The van der Waals surface area contributed by atoms with E-state index in [1.165, 1.54) is 13.1 Å². The van der Waals surface area contributed by atoms with Gasteiger partial charge in [0, 0.05) is 0 Å². The third-order valence-electron chi connectivity index (χ3n) is 6.00. The van der Waals surface area contributed by atoms with Crippen molar-refractivity contribution in [3.05, 3.63) is 169 Å². The van der Waals surface area contributed by atoms with E-state index in [1.54, 1.807) is 0 Å². The van der Waals surface area contributed by atoms with Gasteiger partial charge in [-0.2, -0.15) is 0 Å². The van der Waals surface area contributed by atoms with E-state index in [2.05, 4.69) is 144 Å². The molecular formula is C33H26AsN. The first-order valence-electron chi connectivity index (χ1n) is 11.7. The van der Waals surface area contributed by atoms with Gasteiger partial charge in [-0.15, -0.1) is 0 Å². The Bertz CT molecular complexity index is 1340. The van der Waals surface area contributed by atoms with Crippen molar-refractivity contribution in [3.8, 4) is 0 Å². The van der Waals surface area contributed by atoms with E-state index in [0.29, 0.717) is 0 Å². The summed E-state index contributed by atoms with van der Waals surface area (Å²) in [7, 11) is 0. The Morgan fingerprint density at radius 1 is 0.457 bits per heavy atom. The van der Waals surface area contributed by atoms with E-state index in [4.69, 9.17) is 4.99 Å². The molecule has 0 fully saturated rings. The van der Waals surface area contributed by atoms with E-state index in [9.17, 15) is 0 Å². The average molecular weight is 512 g/mol. The summed E-state index contributed by atoms with van der Waals surface area (Å²) in [5.41, 5.74) is 3.36. The molecule has 0 unspecified atom stereocenters. The van der Waals surface area contributed by atoms with E-state index in [-0.39, 0.29) is 0 Å². The van der Waals surface area contributed by atoms with Crippen LogP contribution in [0.2, 0.25) is 0 Å². The summed E-state index contributed by atoms with van der Waals surface area (Å²) in [5.74, 6) is 0. The van der Waals surface area contributed by atoms with E-state index in [1.807, 2.05) is 18.3 Å². The number of hydrogen-bond acceptors (Lipinski definition) is 1. The molecule has 0 spiro atoms. The topological polar surface area (TPSA) is 12.4 Å². The van der Waals surface area contributed by atoms with E-state index < -0.39 is 13.1 Å². The monoisotopic (exact) mass is 511 g/mol. The molecule has 0 bridgehead atoms. The molecule has 168 valence electrons. The molecule has 0 aliphatic heterocycles. The Labute approximate surface area is 209 Å². The van der Waals surface area contributed by atoms with Crippen LogP contribution in [0, 0.1) is 0 Å².